The number of hydrogen-bond donors (Lipinski definition) is 0. The van der Waals surface area contributed by atoms with Crippen LogP contribution in [0.25, 0.3) is 10.8 Å². The van der Waals surface area contributed by atoms with Crippen molar-refractivity contribution in [3.05, 3.63) is 60.8 Å². The Labute approximate surface area is 155 Å². The Kier molecular flexibility index (Phi) is 4.86. The standard InChI is InChI=1S/C20H21N3O2S/c1-25-18-10-9-16-6-2-3-7-17(16)20(18)26(24)23-14-12-22(13-15-23)19-8-4-5-11-21-19/h2-11H,12-15H2,1H3. The van der Waals surface area contributed by atoms with Gasteiger partial charge in [-0.1, -0.05) is 36.4 Å². The largest absolute Gasteiger partial charge is 0.495 e. The molecule has 0 bridgehead atoms. The Hall–Kier alpha value is -2.44. The van der Waals surface area contributed by atoms with Crippen molar-refractivity contribution in [1.82, 2.24) is 9.29 Å². The van der Waals surface area contributed by atoms with Crippen molar-refractivity contribution >= 4 is 27.6 Å². The van der Waals surface area contributed by atoms with Gasteiger partial charge in [-0.3, -0.25) is 0 Å². The third-order valence-electron chi connectivity index (χ3n) is 4.68. The first-order chi connectivity index (χ1) is 12.8. The number of methoxy groups -OCH3 is 1. The number of fused-ring (bicyclic) bond motifs is 1. The van der Waals surface area contributed by atoms with E-state index in [1.807, 2.05) is 58.9 Å². The average molecular weight is 367 g/mol. The van der Waals surface area contributed by atoms with E-state index < -0.39 is 11.0 Å². The summed E-state index contributed by atoms with van der Waals surface area (Å²) in [5, 5.41) is 2.06. The summed E-state index contributed by atoms with van der Waals surface area (Å²) in [4.78, 5) is 7.40. The molecule has 0 aliphatic carbocycles. The minimum Gasteiger partial charge on any atom is -0.495 e. The Balaban J connectivity index is 1.58. The molecule has 1 aromatic heterocycles. The van der Waals surface area contributed by atoms with E-state index in [2.05, 4.69) is 9.88 Å². The van der Waals surface area contributed by atoms with Crippen molar-refractivity contribution in [2.75, 3.05) is 38.2 Å². The van der Waals surface area contributed by atoms with Gasteiger partial charge in [0.2, 0.25) is 0 Å². The van der Waals surface area contributed by atoms with Crippen LogP contribution in [0.15, 0.2) is 65.7 Å². The van der Waals surface area contributed by atoms with Crippen LogP contribution in [-0.4, -0.2) is 46.8 Å². The number of benzene rings is 2. The third-order valence-corrected chi connectivity index (χ3v) is 6.29. The van der Waals surface area contributed by atoms with Crippen LogP contribution in [0.2, 0.25) is 0 Å². The summed E-state index contributed by atoms with van der Waals surface area (Å²) < 4.78 is 20.9. The second kappa shape index (κ2) is 7.43. The third kappa shape index (κ3) is 3.18. The maximum Gasteiger partial charge on any atom is 0.137 e. The number of nitrogens with zero attached hydrogens (tertiary/aromatic N) is 3. The highest BCUT2D eigenvalue weighted by molar-refractivity contribution is 7.83. The lowest BCUT2D eigenvalue weighted by Gasteiger charge is -2.34. The zero-order chi connectivity index (χ0) is 17.9. The molecule has 1 atom stereocenters. The van der Waals surface area contributed by atoms with Crippen molar-refractivity contribution < 1.29 is 8.95 Å². The molecule has 1 aliphatic heterocycles. The lowest BCUT2D eigenvalue weighted by molar-refractivity contribution is 0.393. The summed E-state index contributed by atoms with van der Waals surface area (Å²) >= 11 is 0. The Morgan fingerprint density at radius 3 is 2.46 bits per heavy atom. The minimum atomic E-state index is -1.27. The first-order valence-corrected chi connectivity index (χ1v) is 9.77. The minimum absolute atomic E-state index is 0.675. The summed E-state index contributed by atoms with van der Waals surface area (Å²) in [5.74, 6) is 1.65. The molecule has 3 aromatic rings. The lowest BCUT2D eigenvalue weighted by atomic mass is 10.1. The molecule has 2 heterocycles. The number of ether oxygens (including phenoxy) is 1. The fourth-order valence-electron chi connectivity index (χ4n) is 3.32. The summed E-state index contributed by atoms with van der Waals surface area (Å²) in [6.45, 7) is 3.04. The van der Waals surface area contributed by atoms with Crippen LogP contribution in [-0.2, 0) is 11.0 Å². The van der Waals surface area contributed by atoms with Gasteiger partial charge in [-0.2, -0.15) is 0 Å². The van der Waals surface area contributed by atoms with E-state index in [0.29, 0.717) is 5.75 Å². The molecule has 1 saturated heterocycles. The molecule has 1 fully saturated rings. The van der Waals surface area contributed by atoms with Crippen molar-refractivity contribution in [1.29, 1.82) is 0 Å². The maximum absolute atomic E-state index is 13.4. The van der Waals surface area contributed by atoms with Gasteiger partial charge in [0.15, 0.2) is 0 Å². The SMILES string of the molecule is COc1ccc2ccccc2c1S(=O)N1CCN(c2ccccn2)CC1. The molecule has 0 radical (unpaired) electrons. The van der Waals surface area contributed by atoms with E-state index in [1.165, 1.54) is 0 Å². The van der Waals surface area contributed by atoms with Crippen molar-refractivity contribution in [3.63, 3.8) is 0 Å². The van der Waals surface area contributed by atoms with E-state index in [0.717, 1.165) is 47.7 Å². The Morgan fingerprint density at radius 2 is 1.73 bits per heavy atom. The summed E-state index contributed by atoms with van der Waals surface area (Å²) in [5.41, 5.74) is 0. The normalized spacial score (nSPS) is 16.6. The number of hydrogen-bond acceptors (Lipinski definition) is 4. The number of pyridine rings is 1. The molecule has 1 aliphatic rings. The molecule has 0 N–H and O–H groups in total. The second-order valence-corrected chi connectivity index (χ2v) is 7.59. The maximum atomic E-state index is 13.4. The molecular weight excluding hydrogens is 346 g/mol. The molecule has 2 aromatic carbocycles. The number of piperazine rings is 1. The summed E-state index contributed by atoms with van der Waals surface area (Å²) in [7, 11) is 0.363. The van der Waals surface area contributed by atoms with Gasteiger partial charge < -0.3 is 9.64 Å². The number of rotatable bonds is 4. The quantitative estimate of drug-likeness (QED) is 0.711. The van der Waals surface area contributed by atoms with Crippen molar-refractivity contribution in [2.24, 2.45) is 0 Å². The van der Waals surface area contributed by atoms with Gasteiger partial charge >= 0.3 is 0 Å². The van der Waals surface area contributed by atoms with E-state index in [-0.39, 0.29) is 0 Å². The van der Waals surface area contributed by atoms with E-state index in [9.17, 15) is 4.21 Å². The highest BCUT2D eigenvalue weighted by Crippen LogP contribution is 2.32. The van der Waals surface area contributed by atoms with E-state index in [4.69, 9.17) is 4.74 Å². The first-order valence-electron chi connectivity index (χ1n) is 8.66. The molecule has 0 amide bonds. The van der Waals surface area contributed by atoms with Crippen LogP contribution >= 0.6 is 0 Å². The van der Waals surface area contributed by atoms with Crippen molar-refractivity contribution in [3.8, 4) is 5.75 Å². The van der Waals surface area contributed by atoms with Crippen LogP contribution < -0.4 is 9.64 Å². The molecule has 5 nitrogen and oxygen atoms in total. The fourth-order valence-corrected chi connectivity index (χ4v) is 4.77. The topological polar surface area (TPSA) is 45.7 Å². The van der Waals surface area contributed by atoms with Gasteiger partial charge in [0, 0.05) is 37.8 Å². The summed E-state index contributed by atoms with van der Waals surface area (Å²) in [6, 6.07) is 17.8. The van der Waals surface area contributed by atoms with Crippen LogP contribution in [0.4, 0.5) is 5.82 Å². The second-order valence-electron chi connectivity index (χ2n) is 6.17. The van der Waals surface area contributed by atoms with Crippen molar-refractivity contribution in [2.45, 2.75) is 4.90 Å². The highest BCUT2D eigenvalue weighted by Gasteiger charge is 2.26. The smallest absolute Gasteiger partial charge is 0.137 e. The molecular formula is C20H21N3O2S. The number of anilines is 1. The van der Waals surface area contributed by atoms with Gasteiger partial charge in [-0.05, 0) is 23.6 Å². The van der Waals surface area contributed by atoms with Gasteiger partial charge in [0.1, 0.15) is 27.4 Å². The van der Waals surface area contributed by atoms with E-state index >= 15 is 0 Å². The summed E-state index contributed by atoms with van der Waals surface area (Å²) in [6.07, 6.45) is 1.81. The lowest BCUT2D eigenvalue weighted by Crippen LogP contribution is -2.47. The molecule has 0 saturated carbocycles. The molecule has 0 spiro atoms. The van der Waals surface area contributed by atoms with Gasteiger partial charge in [-0.15, -0.1) is 0 Å². The molecule has 1 unspecified atom stereocenters. The monoisotopic (exact) mass is 367 g/mol. The fraction of sp³-hybridized carbons (Fsp3) is 0.250. The zero-order valence-electron chi connectivity index (χ0n) is 14.7. The Morgan fingerprint density at radius 1 is 0.962 bits per heavy atom. The molecule has 134 valence electrons. The van der Waals surface area contributed by atoms with Crippen LogP contribution in [0.5, 0.6) is 5.75 Å². The predicted molar refractivity (Wildman–Crippen MR) is 105 cm³/mol. The number of aromatic nitrogens is 1. The highest BCUT2D eigenvalue weighted by atomic mass is 32.2. The average Bonchev–Trinajstić information content (AvgIpc) is 2.73. The Bertz CT molecular complexity index is 925. The van der Waals surface area contributed by atoms with Gasteiger partial charge in [0.05, 0.1) is 7.11 Å². The van der Waals surface area contributed by atoms with E-state index in [1.54, 1.807) is 13.3 Å². The van der Waals surface area contributed by atoms with Crippen LogP contribution in [0.3, 0.4) is 0 Å². The molecule has 4 rings (SSSR count). The molecule has 6 heteroatoms. The zero-order valence-corrected chi connectivity index (χ0v) is 15.5. The van der Waals surface area contributed by atoms with Crippen LogP contribution in [0.1, 0.15) is 0 Å². The molecule has 26 heavy (non-hydrogen) atoms. The van der Waals surface area contributed by atoms with Gasteiger partial charge in [-0.25, -0.2) is 13.5 Å². The first kappa shape index (κ1) is 17.0. The predicted octanol–water partition coefficient (Wildman–Crippen LogP) is 3.09. The van der Waals surface area contributed by atoms with Gasteiger partial charge in [0.25, 0.3) is 0 Å². The van der Waals surface area contributed by atoms with Crippen LogP contribution in [0, 0.1) is 0 Å².